The predicted octanol–water partition coefficient (Wildman–Crippen LogP) is 4.09. The molecule has 5 nitrogen and oxygen atoms in total. The maximum atomic E-state index is 12.4. The van der Waals surface area contributed by atoms with E-state index in [9.17, 15) is 8.42 Å². The third-order valence-electron chi connectivity index (χ3n) is 3.03. The second-order valence-corrected chi connectivity index (χ2v) is 7.64. The molecule has 3 aromatic rings. The largest absolute Gasteiger partial charge is 0.263 e. The first-order chi connectivity index (χ1) is 11.0. The Morgan fingerprint density at radius 3 is 2.52 bits per heavy atom. The fourth-order valence-corrected chi connectivity index (χ4v) is 3.69. The maximum absolute atomic E-state index is 12.4. The molecular formula is C15H11BrClN3O2S. The summed E-state index contributed by atoms with van der Waals surface area (Å²) in [6, 6.07) is 15.2. The Balaban J connectivity index is 1.93. The van der Waals surface area contributed by atoms with Crippen molar-refractivity contribution >= 4 is 43.4 Å². The monoisotopic (exact) mass is 411 g/mol. The summed E-state index contributed by atoms with van der Waals surface area (Å²) in [6.07, 6.45) is 1.66. The van der Waals surface area contributed by atoms with Gasteiger partial charge in [0.2, 0.25) is 0 Å². The third-order valence-corrected chi connectivity index (χ3v) is 5.20. The van der Waals surface area contributed by atoms with Crippen LogP contribution in [-0.2, 0) is 10.0 Å². The highest BCUT2D eigenvalue weighted by Gasteiger charge is 2.18. The Bertz CT molecular complexity index is 942. The van der Waals surface area contributed by atoms with Gasteiger partial charge in [-0.2, -0.15) is 0 Å². The molecule has 1 N–H and O–H groups in total. The molecule has 0 unspecified atom stereocenters. The van der Waals surface area contributed by atoms with Gasteiger partial charge in [-0.15, -0.1) is 5.10 Å². The summed E-state index contributed by atoms with van der Waals surface area (Å²) in [5, 5.41) is 4.82. The number of nitrogens with zero attached hydrogens (tertiary/aromatic N) is 2. The van der Waals surface area contributed by atoms with Gasteiger partial charge in [0, 0.05) is 11.2 Å². The number of hydrogen-bond acceptors (Lipinski definition) is 3. The molecule has 3 rings (SSSR count). The molecule has 0 aliphatic heterocycles. The van der Waals surface area contributed by atoms with Crippen molar-refractivity contribution in [1.82, 2.24) is 9.78 Å². The van der Waals surface area contributed by atoms with Gasteiger partial charge in [0.1, 0.15) is 0 Å². The van der Waals surface area contributed by atoms with Gasteiger partial charge in [0.25, 0.3) is 10.0 Å². The molecule has 0 fully saturated rings. The zero-order valence-electron chi connectivity index (χ0n) is 11.6. The van der Waals surface area contributed by atoms with E-state index in [2.05, 4.69) is 25.8 Å². The Morgan fingerprint density at radius 2 is 1.83 bits per heavy atom. The average Bonchev–Trinajstić information content (AvgIpc) is 2.89. The van der Waals surface area contributed by atoms with Crippen molar-refractivity contribution < 1.29 is 8.42 Å². The van der Waals surface area contributed by atoms with E-state index >= 15 is 0 Å². The smallest absolute Gasteiger partial charge is 0.261 e. The highest BCUT2D eigenvalue weighted by atomic mass is 79.9. The molecule has 0 radical (unpaired) electrons. The van der Waals surface area contributed by atoms with Crippen LogP contribution < -0.4 is 4.72 Å². The van der Waals surface area contributed by atoms with E-state index in [-0.39, 0.29) is 10.7 Å². The van der Waals surface area contributed by atoms with E-state index in [1.165, 1.54) is 12.1 Å². The number of nitrogens with one attached hydrogen (secondary N) is 1. The van der Waals surface area contributed by atoms with E-state index in [0.29, 0.717) is 9.50 Å². The first-order valence-corrected chi connectivity index (χ1v) is 9.20. The summed E-state index contributed by atoms with van der Waals surface area (Å²) in [6.45, 7) is 0. The van der Waals surface area contributed by atoms with Gasteiger partial charge in [-0.25, -0.2) is 13.1 Å². The molecule has 0 aliphatic rings. The normalized spacial score (nSPS) is 11.4. The van der Waals surface area contributed by atoms with E-state index in [0.717, 1.165) is 5.69 Å². The summed E-state index contributed by atoms with van der Waals surface area (Å²) in [7, 11) is -3.69. The maximum Gasteiger partial charge on any atom is 0.263 e. The van der Waals surface area contributed by atoms with Crippen molar-refractivity contribution in [2.75, 3.05) is 4.72 Å². The highest BCUT2D eigenvalue weighted by Crippen LogP contribution is 2.25. The Morgan fingerprint density at radius 1 is 1.09 bits per heavy atom. The average molecular weight is 413 g/mol. The summed E-state index contributed by atoms with van der Waals surface area (Å²) in [5.74, 6) is 0.203. The molecule has 1 aromatic heterocycles. The third kappa shape index (κ3) is 3.57. The van der Waals surface area contributed by atoms with Gasteiger partial charge in [-0.05, 0) is 46.3 Å². The Hall–Kier alpha value is -1.83. The van der Waals surface area contributed by atoms with Crippen LogP contribution in [0.15, 0.2) is 70.2 Å². The molecule has 0 aliphatic carbocycles. The zero-order chi connectivity index (χ0) is 16.4. The lowest BCUT2D eigenvalue weighted by Crippen LogP contribution is -2.13. The van der Waals surface area contributed by atoms with Crippen LogP contribution in [0.3, 0.4) is 0 Å². The van der Waals surface area contributed by atoms with Gasteiger partial charge < -0.3 is 0 Å². The van der Waals surface area contributed by atoms with Crippen LogP contribution >= 0.6 is 27.5 Å². The molecule has 0 saturated carbocycles. The second kappa shape index (κ2) is 6.35. The summed E-state index contributed by atoms with van der Waals surface area (Å²) < 4.78 is 29.2. The van der Waals surface area contributed by atoms with E-state index < -0.39 is 10.0 Å². The number of sulfonamides is 1. The van der Waals surface area contributed by atoms with Gasteiger partial charge in [-0.3, -0.25) is 4.72 Å². The fourth-order valence-electron chi connectivity index (χ4n) is 1.96. The number of aromatic nitrogens is 2. The minimum absolute atomic E-state index is 0.171. The Kier molecular flexibility index (Phi) is 4.43. The van der Waals surface area contributed by atoms with Gasteiger partial charge in [0.15, 0.2) is 5.82 Å². The Labute approximate surface area is 147 Å². The molecule has 0 bridgehead atoms. The molecule has 0 atom stereocenters. The van der Waals surface area contributed by atoms with Crippen LogP contribution in [0, 0.1) is 0 Å². The van der Waals surface area contributed by atoms with Crippen LogP contribution in [0.5, 0.6) is 0 Å². The number of rotatable bonds is 4. The zero-order valence-corrected chi connectivity index (χ0v) is 14.8. The van der Waals surface area contributed by atoms with Gasteiger partial charge in [0.05, 0.1) is 15.1 Å². The van der Waals surface area contributed by atoms with Crippen LogP contribution in [0.1, 0.15) is 0 Å². The molecular weight excluding hydrogens is 402 g/mol. The lowest BCUT2D eigenvalue weighted by molar-refractivity contribution is 0.601. The van der Waals surface area contributed by atoms with E-state index in [1.54, 1.807) is 47.3 Å². The molecule has 118 valence electrons. The molecule has 23 heavy (non-hydrogen) atoms. The van der Waals surface area contributed by atoms with Crippen molar-refractivity contribution in [2.24, 2.45) is 0 Å². The SMILES string of the molecule is O=S(=O)(Nc1nn(-c2cccc(Cl)c2)cc1Br)c1ccccc1. The molecule has 0 amide bonds. The van der Waals surface area contributed by atoms with Crippen molar-refractivity contribution in [3.05, 3.63) is 70.3 Å². The lowest BCUT2D eigenvalue weighted by atomic mass is 10.3. The van der Waals surface area contributed by atoms with Gasteiger partial charge in [-0.1, -0.05) is 35.9 Å². The topological polar surface area (TPSA) is 64.0 Å². The minimum Gasteiger partial charge on any atom is -0.261 e. The second-order valence-electron chi connectivity index (χ2n) is 4.67. The number of benzene rings is 2. The van der Waals surface area contributed by atoms with Crippen LogP contribution in [0.2, 0.25) is 5.02 Å². The van der Waals surface area contributed by atoms with Gasteiger partial charge >= 0.3 is 0 Å². The highest BCUT2D eigenvalue weighted by molar-refractivity contribution is 9.10. The molecule has 0 spiro atoms. The molecule has 2 aromatic carbocycles. The first-order valence-electron chi connectivity index (χ1n) is 6.55. The number of hydrogen-bond donors (Lipinski definition) is 1. The lowest BCUT2D eigenvalue weighted by Gasteiger charge is -2.05. The first kappa shape index (κ1) is 16.0. The summed E-state index contributed by atoms with van der Waals surface area (Å²) in [4.78, 5) is 0.171. The van der Waals surface area contributed by atoms with Crippen molar-refractivity contribution in [2.45, 2.75) is 4.90 Å². The molecule has 8 heteroatoms. The van der Waals surface area contributed by atoms with Crippen LogP contribution in [-0.4, -0.2) is 18.2 Å². The molecule has 0 saturated heterocycles. The fraction of sp³-hybridized carbons (Fsp3) is 0. The minimum atomic E-state index is -3.69. The van der Waals surface area contributed by atoms with Crippen LogP contribution in [0.4, 0.5) is 5.82 Å². The van der Waals surface area contributed by atoms with E-state index in [4.69, 9.17) is 11.6 Å². The van der Waals surface area contributed by atoms with E-state index in [1.807, 2.05) is 6.07 Å². The van der Waals surface area contributed by atoms with Crippen molar-refractivity contribution in [1.29, 1.82) is 0 Å². The van der Waals surface area contributed by atoms with Crippen molar-refractivity contribution in [3.63, 3.8) is 0 Å². The summed E-state index contributed by atoms with van der Waals surface area (Å²) in [5.41, 5.74) is 0.725. The predicted molar refractivity (Wildman–Crippen MR) is 93.5 cm³/mol. The van der Waals surface area contributed by atoms with Crippen molar-refractivity contribution in [3.8, 4) is 5.69 Å². The molecule has 1 heterocycles. The van der Waals surface area contributed by atoms with Crippen LogP contribution in [0.25, 0.3) is 5.69 Å². The number of halogens is 2. The summed E-state index contributed by atoms with van der Waals surface area (Å²) >= 11 is 9.28. The standard InChI is InChI=1S/C15H11BrClN3O2S/c16-14-10-20(12-6-4-5-11(17)9-12)18-15(14)19-23(21,22)13-7-2-1-3-8-13/h1-10H,(H,18,19). The number of anilines is 1. The quantitative estimate of drug-likeness (QED) is 0.702.